The molecule has 0 aliphatic carbocycles. The first-order valence-electron chi connectivity index (χ1n) is 2.57. The molecule has 4 heteroatoms. The van der Waals surface area contributed by atoms with Gasteiger partial charge in [0.2, 0.25) is 0 Å². The van der Waals surface area contributed by atoms with E-state index in [0.29, 0.717) is 0 Å². The minimum Gasteiger partial charge on any atom is -0.274 e. The predicted octanol–water partition coefficient (Wildman–Crippen LogP) is 1.92. The summed E-state index contributed by atoms with van der Waals surface area (Å²) < 4.78 is 3.80. The van der Waals surface area contributed by atoms with Crippen molar-refractivity contribution >= 4 is 34.5 Å². The molecule has 0 amide bonds. The molecule has 52 valence electrons. The van der Waals surface area contributed by atoms with Crippen LogP contribution in [0.4, 0.5) is 0 Å². The highest BCUT2D eigenvalue weighted by atomic mass is 35.5. The fourth-order valence-electron chi connectivity index (χ4n) is 0.446. The summed E-state index contributed by atoms with van der Waals surface area (Å²) in [7, 11) is 0. The molecule has 1 aliphatic rings. The summed E-state index contributed by atoms with van der Waals surface area (Å²) in [6.07, 6.45) is 5.09. The lowest BCUT2D eigenvalue weighted by atomic mass is 10.3. The molecular weight excluding hydrogens is 170 g/mol. The molecule has 1 heterocycles. The Morgan fingerprint density at radius 3 is 3.10 bits per heavy atom. The van der Waals surface area contributed by atoms with Gasteiger partial charge in [0.1, 0.15) is 5.71 Å². The molecule has 0 aromatic rings. The molecule has 0 spiro atoms. The number of nitrogens with zero attached hydrogens (tertiary/aromatic N) is 1. The van der Waals surface area contributed by atoms with E-state index in [0.717, 1.165) is 0 Å². The highest BCUT2D eigenvalue weighted by Gasteiger charge is 2.03. The topological polar surface area (TPSA) is 29.4 Å². The number of allylic oxidation sites excluding steroid dienone is 3. The minimum absolute atomic E-state index is 0.289. The van der Waals surface area contributed by atoms with Gasteiger partial charge in [-0.05, 0) is 23.1 Å². The summed E-state index contributed by atoms with van der Waals surface area (Å²) in [5.41, 5.74) is 0.289. The van der Waals surface area contributed by atoms with Gasteiger partial charge in [-0.15, -0.1) is 0 Å². The molecule has 1 rings (SSSR count). The van der Waals surface area contributed by atoms with Crippen LogP contribution in [0.5, 0.6) is 0 Å². The third-order valence-corrected chi connectivity index (χ3v) is 1.63. The van der Waals surface area contributed by atoms with Gasteiger partial charge in [0, 0.05) is 11.9 Å². The van der Waals surface area contributed by atoms with Crippen LogP contribution in [-0.2, 0) is 4.79 Å². The van der Waals surface area contributed by atoms with E-state index in [-0.39, 0.29) is 5.71 Å². The molecule has 1 aliphatic heterocycles. The van der Waals surface area contributed by atoms with Crippen LogP contribution in [0, 0.1) is 0 Å². The first-order valence-corrected chi connectivity index (χ1v) is 3.79. The van der Waals surface area contributed by atoms with Gasteiger partial charge in [-0.3, -0.25) is 4.79 Å². The van der Waals surface area contributed by atoms with Crippen molar-refractivity contribution in [3.63, 3.8) is 0 Å². The van der Waals surface area contributed by atoms with Crippen LogP contribution in [0.3, 0.4) is 0 Å². The molecule has 0 saturated heterocycles. The molecule has 10 heavy (non-hydrogen) atoms. The maximum atomic E-state index is 10.5. The zero-order valence-electron chi connectivity index (χ0n) is 4.95. The third kappa shape index (κ3) is 2.01. The number of carbonyl (C=O) groups excluding carboxylic acids is 1. The van der Waals surface area contributed by atoms with Gasteiger partial charge < -0.3 is 0 Å². The van der Waals surface area contributed by atoms with E-state index in [1.54, 1.807) is 23.6 Å². The normalized spacial score (nSPS) is 16.3. The Labute approximate surface area is 67.8 Å². The highest BCUT2D eigenvalue weighted by Crippen LogP contribution is 2.09. The van der Waals surface area contributed by atoms with Crippen LogP contribution in [0.1, 0.15) is 0 Å². The second kappa shape index (κ2) is 3.58. The summed E-state index contributed by atoms with van der Waals surface area (Å²) in [4.78, 5) is 10.5. The predicted molar refractivity (Wildman–Crippen MR) is 44.2 cm³/mol. The summed E-state index contributed by atoms with van der Waals surface area (Å²) in [5, 5.41) is 1.25. The van der Waals surface area contributed by atoms with E-state index < -0.39 is 5.24 Å². The number of carbonyl (C=O) groups is 1. The van der Waals surface area contributed by atoms with Crippen molar-refractivity contribution in [2.75, 3.05) is 0 Å². The van der Waals surface area contributed by atoms with Crippen LogP contribution >= 0.6 is 23.5 Å². The van der Waals surface area contributed by atoms with Crippen molar-refractivity contribution < 1.29 is 4.79 Å². The maximum Gasteiger partial charge on any atom is 0.271 e. The third-order valence-electron chi connectivity index (χ3n) is 0.857. The van der Waals surface area contributed by atoms with E-state index >= 15 is 0 Å². The van der Waals surface area contributed by atoms with Gasteiger partial charge in [0.15, 0.2) is 0 Å². The molecule has 2 nitrogen and oxygen atoms in total. The Morgan fingerprint density at radius 1 is 1.60 bits per heavy atom. The Hall–Kier alpha value is -0.540. The molecule has 0 aromatic heterocycles. The van der Waals surface area contributed by atoms with E-state index in [1.807, 2.05) is 0 Å². The summed E-state index contributed by atoms with van der Waals surface area (Å²) in [6.45, 7) is 0. The van der Waals surface area contributed by atoms with Crippen molar-refractivity contribution in [3.05, 3.63) is 23.6 Å². The quantitative estimate of drug-likeness (QED) is 0.448. The lowest BCUT2D eigenvalue weighted by Crippen LogP contribution is -2.01. The second-order valence-corrected chi connectivity index (χ2v) is 2.55. The molecule has 0 saturated carbocycles. The summed E-state index contributed by atoms with van der Waals surface area (Å²) >= 11 is 6.36. The Morgan fingerprint density at radius 2 is 2.40 bits per heavy atom. The zero-order valence-corrected chi connectivity index (χ0v) is 6.52. The molecule has 0 unspecified atom stereocenters. The largest absolute Gasteiger partial charge is 0.274 e. The van der Waals surface area contributed by atoms with Crippen LogP contribution < -0.4 is 0 Å². The van der Waals surface area contributed by atoms with Crippen LogP contribution in [-0.4, -0.2) is 11.0 Å². The van der Waals surface area contributed by atoms with Gasteiger partial charge >= 0.3 is 0 Å². The molecule has 0 bridgehead atoms. The molecule has 0 fully saturated rings. The van der Waals surface area contributed by atoms with E-state index in [2.05, 4.69) is 4.40 Å². The van der Waals surface area contributed by atoms with Gasteiger partial charge in [-0.25, -0.2) is 4.40 Å². The Balaban J connectivity index is 2.78. The molecule has 0 aromatic carbocycles. The average Bonchev–Trinajstić information content (AvgIpc) is 2.12. The smallest absolute Gasteiger partial charge is 0.271 e. The van der Waals surface area contributed by atoms with Crippen molar-refractivity contribution in [3.8, 4) is 0 Å². The highest BCUT2D eigenvalue weighted by molar-refractivity contribution is 8.01. The second-order valence-electron chi connectivity index (χ2n) is 1.54. The maximum absolute atomic E-state index is 10.5. The van der Waals surface area contributed by atoms with Gasteiger partial charge in [0.25, 0.3) is 5.24 Å². The number of hydrogen-bond acceptors (Lipinski definition) is 3. The molecule has 0 N–H and O–H groups in total. The number of rotatable bonds is 1. The van der Waals surface area contributed by atoms with E-state index in [4.69, 9.17) is 11.6 Å². The first-order chi connectivity index (χ1) is 4.80. The van der Waals surface area contributed by atoms with Gasteiger partial charge in [-0.1, -0.05) is 12.2 Å². The first kappa shape index (κ1) is 7.57. The SMILES string of the molecule is O=C(Cl)C1=NSC=CC=C1. The zero-order chi connectivity index (χ0) is 7.40. The minimum atomic E-state index is -0.521. The lowest BCUT2D eigenvalue weighted by Gasteiger charge is -1.86. The number of hydrogen-bond donors (Lipinski definition) is 0. The molecular formula is C6H4ClNOS. The van der Waals surface area contributed by atoms with Crippen LogP contribution in [0.2, 0.25) is 0 Å². The monoisotopic (exact) mass is 173 g/mol. The van der Waals surface area contributed by atoms with Crippen molar-refractivity contribution in [1.82, 2.24) is 0 Å². The van der Waals surface area contributed by atoms with Gasteiger partial charge in [0.05, 0.1) is 0 Å². The van der Waals surface area contributed by atoms with Gasteiger partial charge in [-0.2, -0.15) is 0 Å². The van der Waals surface area contributed by atoms with Crippen LogP contribution in [0.15, 0.2) is 28.0 Å². The van der Waals surface area contributed by atoms with Crippen LogP contribution in [0.25, 0.3) is 0 Å². The standard InChI is InChI=1S/C6H4ClNOS/c7-6(9)5-3-1-2-4-10-8-5/h1-4H. The van der Waals surface area contributed by atoms with Crippen molar-refractivity contribution in [2.45, 2.75) is 0 Å². The fraction of sp³-hybridized carbons (Fsp3) is 0. The average molecular weight is 174 g/mol. The van der Waals surface area contributed by atoms with E-state index in [1.165, 1.54) is 11.9 Å². The fourth-order valence-corrected chi connectivity index (χ4v) is 1.08. The summed E-state index contributed by atoms with van der Waals surface area (Å²) in [5.74, 6) is 0. The Kier molecular flexibility index (Phi) is 2.71. The molecule has 0 atom stereocenters. The van der Waals surface area contributed by atoms with Crippen molar-refractivity contribution in [1.29, 1.82) is 0 Å². The van der Waals surface area contributed by atoms with Crippen molar-refractivity contribution in [2.24, 2.45) is 4.40 Å². The molecule has 0 radical (unpaired) electrons. The summed E-state index contributed by atoms with van der Waals surface area (Å²) in [6, 6.07) is 0. The van der Waals surface area contributed by atoms with E-state index in [9.17, 15) is 4.79 Å². The lowest BCUT2D eigenvalue weighted by molar-refractivity contribution is -0.106. The Bertz CT molecular complexity index is 232. The number of halogens is 1.